The van der Waals surface area contributed by atoms with Gasteiger partial charge in [-0.1, -0.05) is 48.5 Å². The van der Waals surface area contributed by atoms with Crippen LogP contribution in [0.15, 0.2) is 65.1 Å². The van der Waals surface area contributed by atoms with E-state index in [-0.39, 0.29) is 5.91 Å². The topological polar surface area (TPSA) is 36.7 Å². The Hall–Kier alpha value is -2.59. The molecule has 0 atom stereocenters. The third kappa shape index (κ3) is 3.84. The van der Waals surface area contributed by atoms with E-state index in [9.17, 15) is 4.79 Å². The van der Waals surface area contributed by atoms with Crippen molar-refractivity contribution in [2.24, 2.45) is 0 Å². The number of hydrogen-bond acceptors (Lipinski definition) is 3. The average molecular weight is 322 g/mol. The van der Waals surface area contributed by atoms with Gasteiger partial charge < -0.3 is 14.2 Å². The molecule has 0 bridgehead atoms. The molecule has 0 aliphatic heterocycles. The minimum atomic E-state index is -0.0723. The largest absolute Gasteiger partial charge is 0.451 e. The zero-order valence-electron chi connectivity index (χ0n) is 14.1. The molecule has 4 heteroatoms. The molecule has 24 heavy (non-hydrogen) atoms. The van der Waals surface area contributed by atoms with Gasteiger partial charge in [0.15, 0.2) is 5.76 Å². The number of nitrogens with zero attached hydrogens (tertiary/aromatic N) is 2. The SMILES string of the molecule is CN(C)CCN(Cc1ccccc1)C(=O)c1cc2ccccc2o1. The van der Waals surface area contributed by atoms with Gasteiger partial charge in [-0.3, -0.25) is 4.79 Å². The molecule has 4 nitrogen and oxygen atoms in total. The Morgan fingerprint density at radius 2 is 1.67 bits per heavy atom. The summed E-state index contributed by atoms with van der Waals surface area (Å²) in [4.78, 5) is 16.9. The molecule has 1 aromatic heterocycles. The molecule has 0 aliphatic rings. The highest BCUT2D eigenvalue weighted by molar-refractivity contribution is 5.96. The molecule has 0 N–H and O–H groups in total. The van der Waals surface area contributed by atoms with Gasteiger partial charge in [-0.15, -0.1) is 0 Å². The molecule has 3 rings (SSSR count). The number of carbonyl (C=O) groups excluding carboxylic acids is 1. The van der Waals surface area contributed by atoms with E-state index in [4.69, 9.17) is 4.42 Å². The Labute approximate surface area is 142 Å². The van der Waals surface area contributed by atoms with Crippen LogP contribution in [0.2, 0.25) is 0 Å². The first kappa shape index (κ1) is 16.3. The van der Waals surface area contributed by atoms with Crippen LogP contribution < -0.4 is 0 Å². The highest BCUT2D eigenvalue weighted by Crippen LogP contribution is 2.20. The third-order valence-corrected chi connectivity index (χ3v) is 3.96. The molecule has 124 valence electrons. The lowest BCUT2D eigenvalue weighted by Crippen LogP contribution is -2.36. The molecule has 0 saturated carbocycles. The number of para-hydroxylation sites is 1. The van der Waals surface area contributed by atoms with Crippen LogP contribution in [-0.2, 0) is 6.54 Å². The number of likely N-dealkylation sites (N-methyl/N-ethyl adjacent to an activating group) is 1. The summed E-state index contributed by atoms with van der Waals surface area (Å²) in [5, 5.41) is 0.952. The van der Waals surface area contributed by atoms with Crippen LogP contribution in [-0.4, -0.2) is 42.9 Å². The fourth-order valence-corrected chi connectivity index (χ4v) is 2.62. The minimum Gasteiger partial charge on any atom is -0.451 e. The van der Waals surface area contributed by atoms with Gasteiger partial charge in [0.05, 0.1) is 0 Å². The Balaban J connectivity index is 1.84. The van der Waals surface area contributed by atoms with Crippen LogP contribution in [0.5, 0.6) is 0 Å². The fraction of sp³-hybridized carbons (Fsp3) is 0.250. The molecular formula is C20H22N2O2. The van der Waals surface area contributed by atoms with Crippen molar-refractivity contribution in [3.63, 3.8) is 0 Å². The van der Waals surface area contributed by atoms with Crippen molar-refractivity contribution in [1.29, 1.82) is 0 Å². The maximum Gasteiger partial charge on any atom is 0.289 e. The van der Waals surface area contributed by atoms with Crippen molar-refractivity contribution in [3.8, 4) is 0 Å². The van der Waals surface area contributed by atoms with Gasteiger partial charge in [0.2, 0.25) is 0 Å². The normalized spacial score (nSPS) is 11.1. The molecule has 0 spiro atoms. The van der Waals surface area contributed by atoms with E-state index in [0.29, 0.717) is 18.8 Å². The summed E-state index contributed by atoms with van der Waals surface area (Å²) in [6.07, 6.45) is 0. The molecule has 3 aromatic rings. The smallest absolute Gasteiger partial charge is 0.289 e. The van der Waals surface area contributed by atoms with Crippen LogP contribution in [0.1, 0.15) is 16.1 Å². The first-order valence-electron chi connectivity index (χ1n) is 8.10. The van der Waals surface area contributed by atoms with E-state index in [1.54, 1.807) is 0 Å². The summed E-state index contributed by atoms with van der Waals surface area (Å²) in [7, 11) is 4.01. The number of amides is 1. The van der Waals surface area contributed by atoms with E-state index in [0.717, 1.165) is 23.1 Å². The maximum atomic E-state index is 12.9. The van der Waals surface area contributed by atoms with Gasteiger partial charge >= 0.3 is 0 Å². The number of furan rings is 1. The van der Waals surface area contributed by atoms with Gasteiger partial charge in [-0.25, -0.2) is 0 Å². The lowest BCUT2D eigenvalue weighted by molar-refractivity contribution is 0.0702. The van der Waals surface area contributed by atoms with Crippen molar-refractivity contribution in [2.75, 3.05) is 27.2 Å². The summed E-state index contributed by atoms with van der Waals surface area (Å²) in [6, 6.07) is 19.6. The second-order valence-electron chi connectivity index (χ2n) is 6.16. The zero-order valence-corrected chi connectivity index (χ0v) is 14.1. The molecule has 0 fully saturated rings. The lowest BCUT2D eigenvalue weighted by atomic mass is 10.2. The number of fused-ring (bicyclic) bond motifs is 1. The third-order valence-electron chi connectivity index (χ3n) is 3.96. The molecule has 0 radical (unpaired) electrons. The van der Waals surface area contributed by atoms with Gasteiger partial charge in [0.25, 0.3) is 5.91 Å². The standard InChI is InChI=1S/C20H22N2O2/c1-21(2)12-13-22(15-16-8-4-3-5-9-16)20(23)19-14-17-10-6-7-11-18(17)24-19/h3-11,14H,12-13,15H2,1-2H3. The summed E-state index contributed by atoms with van der Waals surface area (Å²) >= 11 is 0. The first-order valence-corrected chi connectivity index (χ1v) is 8.10. The predicted octanol–water partition coefficient (Wildman–Crippen LogP) is 3.64. The quantitative estimate of drug-likeness (QED) is 0.695. The number of carbonyl (C=O) groups is 1. The van der Waals surface area contributed by atoms with E-state index >= 15 is 0 Å². The average Bonchev–Trinajstić information content (AvgIpc) is 3.03. The van der Waals surface area contributed by atoms with Crippen molar-refractivity contribution >= 4 is 16.9 Å². The summed E-state index contributed by atoms with van der Waals surface area (Å²) in [5.41, 5.74) is 1.86. The highest BCUT2D eigenvalue weighted by Gasteiger charge is 2.20. The molecule has 1 heterocycles. The van der Waals surface area contributed by atoms with Crippen LogP contribution in [0.4, 0.5) is 0 Å². The molecule has 2 aromatic carbocycles. The Kier molecular flexibility index (Phi) is 4.96. The van der Waals surface area contributed by atoms with E-state index in [1.807, 2.05) is 79.7 Å². The molecule has 0 unspecified atom stereocenters. The number of benzene rings is 2. The second-order valence-corrected chi connectivity index (χ2v) is 6.16. The second kappa shape index (κ2) is 7.32. The van der Waals surface area contributed by atoms with Gasteiger partial charge in [0, 0.05) is 25.0 Å². The van der Waals surface area contributed by atoms with Crippen molar-refractivity contribution in [1.82, 2.24) is 9.80 Å². The highest BCUT2D eigenvalue weighted by atomic mass is 16.3. The van der Waals surface area contributed by atoms with Crippen LogP contribution in [0, 0.1) is 0 Å². The Bertz CT molecular complexity index is 776. The van der Waals surface area contributed by atoms with Gasteiger partial charge in [0.1, 0.15) is 5.58 Å². The van der Waals surface area contributed by atoms with Crippen LogP contribution >= 0.6 is 0 Å². The molecule has 0 saturated heterocycles. The molecule has 1 amide bonds. The summed E-state index contributed by atoms with van der Waals surface area (Å²) in [6.45, 7) is 2.03. The van der Waals surface area contributed by atoms with Crippen molar-refractivity contribution < 1.29 is 9.21 Å². The van der Waals surface area contributed by atoms with Gasteiger partial charge in [-0.05, 0) is 31.8 Å². The lowest BCUT2D eigenvalue weighted by Gasteiger charge is -2.23. The van der Waals surface area contributed by atoms with Crippen molar-refractivity contribution in [3.05, 3.63) is 72.0 Å². The zero-order chi connectivity index (χ0) is 16.9. The summed E-state index contributed by atoms with van der Waals surface area (Å²) < 4.78 is 5.75. The Morgan fingerprint density at radius 3 is 2.38 bits per heavy atom. The van der Waals surface area contributed by atoms with Crippen LogP contribution in [0.3, 0.4) is 0 Å². The first-order chi connectivity index (χ1) is 11.6. The predicted molar refractivity (Wildman–Crippen MR) is 96.0 cm³/mol. The summed E-state index contributed by atoms with van der Waals surface area (Å²) in [5.74, 6) is 0.322. The monoisotopic (exact) mass is 322 g/mol. The molecule has 0 aliphatic carbocycles. The maximum absolute atomic E-state index is 12.9. The number of hydrogen-bond donors (Lipinski definition) is 0. The molecular weight excluding hydrogens is 300 g/mol. The van der Waals surface area contributed by atoms with E-state index < -0.39 is 0 Å². The van der Waals surface area contributed by atoms with E-state index in [2.05, 4.69) is 4.90 Å². The van der Waals surface area contributed by atoms with Gasteiger partial charge in [-0.2, -0.15) is 0 Å². The van der Waals surface area contributed by atoms with Crippen molar-refractivity contribution in [2.45, 2.75) is 6.54 Å². The Morgan fingerprint density at radius 1 is 0.958 bits per heavy atom. The van der Waals surface area contributed by atoms with E-state index in [1.165, 1.54) is 0 Å². The number of rotatable bonds is 6. The van der Waals surface area contributed by atoms with Crippen LogP contribution in [0.25, 0.3) is 11.0 Å². The fourth-order valence-electron chi connectivity index (χ4n) is 2.62. The minimum absolute atomic E-state index is 0.0723.